The van der Waals surface area contributed by atoms with Crippen LogP contribution in [0, 0.1) is 5.92 Å². The van der Waals surface area contributed by atoms with Crippen molar-refractivity contribution < 1.29 is 0 Å². The zero-order valence-corrected chi connectivity index (χ0v) is 6.62. The van der Waals surface area contributed by atoms with Crippen LogP contribution in [0.25, 0.3) is 0 Å². The summed E-state index contributed by atoms with van der Waals surface area (Å²) in [6, 6.07) is 0. The van der Waals surface area contributed by atoms with Crippen LogP contribution in [0.4, 0.5) is 0 Å². The van der Waals surface area contributed by atoms with Crippen LogP contribution in [0.15, 0.2) is 12.7 Å². The first kappa shape index (κ1) is 7.20. The minimum Gasteiger partial charge on any atom is -0.162 e. The summed E-state index contributed by atoms with van der Waals surface area (Å²) in [5, 5.41) is 0. The summed E-state index contributed by atoms with van der Waals surface area (Å²) >= 11 is 2.10. The molecule has 0 aromatic carbocycles. The Balaban J connectivity index is 2.04. The van der Waals surface area contributed by atoms with Crippen molar-refractivity contribution in [3.63, 3.8) is 0 Å². The van der Waals surface area contributed by atoms with Gasteiger partial charge in [0.15, 0.2) is 0 Å². The summed E-state index contributed by atoms with van der Waals surface area (Å²) in [7, 11) is 0. The maximum absolute atomic E-state index is 3.71. The summed E-state index contributed by atoms with van der Waals surface area (Å²) in [4.78, 5) is 0. The third-order valence-electron chi connectivity index (χ3n) is 1.80. The SMILES string of the molecule is C=CCC[C@H]1CCSC1. The summed E-state index contributed by atoms with van der Waals surface area (Å²) in [6.07, 6.45) is 6.06. The highest BCUT2D eigenvalue weighted by molar-refractivity contribution is 7.99. The molecule has 0 radical (unpaired) electrons. The van der Waals surface area contributed by atoms with Crippen LogP contribution in [0.1, 0.15) is 19.3 Å². The van der Waals surface area contributed by atoms with E-state index < -0.39 is 0 Å². The largest absolute Gasteiger partial charge is 0.162 e. The van der Waals surface area contributed by atoms with Crippen molar-refractivity contribution in [2.75, 3.05) is 11.5 Å². The van der Waals surface area contributed by atoms with Crippen molar-refractivity contribution in [1.29, 1.82) is 0 Å². The Kier molecular flexibility index (Phi) is 3.20. The van der Waals surface area contributed by atoms with Crippen LogP contribution in [0.2, 0.25) is 0 Å². The highest BCUT2D eigenvalue weighted by atomic mass is 32.2. The van der Waals surface area contributed by atoms with Gasteiger partial charge in [-0.05, 0) is 36.7 Å². The molecule has 0 bridgehead atoms. The number of hydrogen-bond acceptors (Lipinski definition) is 1. The highest BCUT2D eigenvalue weighted by Gasteiger charge is 2.13. The lowest BCUT2D eigenvalue weighted by atomic mass is 10.0. The molecular formula is C8H14S. The second kappa shape index (κ2) is 3.99. The predicted molar refractivity (Wildman–Crippen MR) is 44.9 cm³/mol. The first-order valence-corrected chi connectivity index (χ1v) is 4.77. The molecule has 0 aromatic rings. The maximum atomic E-state index is 3.71. The Morgan fingerprint density at radius 1 is 1.67 bits per heavy atom. The minimum absolute atomic E-state index is 1.01. The molecule has 0 aliphatic carbocycles. The van der Waals surface area contributed by atoms with E-state index >= 15 is 0 Å². The lowest BCUT2D eigenvalue weighted by molar-refractivity contribution is 0.553. The van der Waals surface area contributed by atoms with E-state index in [1.807, 2.05) is 6.08 Å². The van der Waals surface area contributed by atoms with Crippen LogP contribution in [-0.2, 0) is 0 Å². The monoisotopic (exact) mass is 142 g/mol. The number of thioether (sulfide) groups is 1. The Labute approximate surface area is 61.7 Å². The third-order valence-corrected chi connectivity index (χ3v) is 3.03. The van der Waals surface area contributed by atoms with Crippen molar-refractivity contribution >= 4 is 11.8 Å². The second-order valence-corrected chi connectivity index (χ2v) is 3.75. The molecule has 1 fully saturated rings. The van der Waals surface area contributed by atoms with Gasteiger partial charge >= 0.3 is 0 Å². The van der Waals surface area contributed by atoms with Gasteiger partial charge in [-0.25, -0.2) is 0 Å². The molecule has 0 N–H and O–H groups in total. The van der Waals surface area contributed by atoms with E-state index in [4.69, 9.17) is 0 Å². The van der Waals surface area contributed by atoms with Crippen molar-refractivity contribution in [3.8, 4) is 0 Å². The maximum Gasteiger partial charge on any atom is -0.00387 e. The molecule has 1 saturated heterocycles. The molecule has 0 spiro atoms. The number of hydrogen-bond donors (Lipinski definition) is 0. The molecule has 0 aromatic heterocycles. The molecule has 0 amide bonds. The van der Waals surface area contributed by atoms with Gasteiger partial charge in [-0.3, -0.25) is 0 Å². The topological polar surface area (TPSA) is 0 Å². The van der Waals surface area contributed by atoms with E-state index in [0.717, 1.165) is 5.92 Å². The Bertz CT molecular complexity index is 82.6. The summed E-state index contributed by atoms with van der Waals surface area (Å²) in [6.45, 7) is 3.71. The molecule has 0 saturated carbocycles. The zero-order valence-electron chi connectivity index (χ0n) is 5.81. The standard InChI is InChI=1S/C8H14S/c1-2-3-4-8-5-6-9-7-8/h2,8H,1,3-7H2/t8-/m0/s1. The molecule has 1 aliphatic rings. The van der Waals surface area contributed by atoms with Gasteiger partial charge in [0.1, 0.15) is 0 Å². The minimum atomic E-state index is 1.01. The second-order valence-electron chi connectivity index (χ2n) is 2.60. The number of rotatable bonds is 3. The zero-order chi connectivity index (χ0) is 6.53. The molecule has 0 unspecified atom stereocenters. The molecule has 1 aliphatic heterocycles. The van der Waals surface area contributed by atoms with Crippen LogP contribution < -0.4 is 0 Å². The summed E-state index contributed by atoms with van der Waals surface area (Å²) in [5.41, 5.74) is 0. The van der Waals surface area contributed by atoms with Gasteiger partial charge in [0, 0.05) is 0 Å². The molecule has 1 atom stereocenters. The fourth-order valence-corrected chi connectivity index (χ4v) is 2.50. The summed E-state index contributed by atoms with van der Waals surface area (Å²) < 4.78 is 0. The molecular weight excluding hydrogens is 128 g/mol. The van der Waals surface area contributed by atoms with Crippen molar-refractivity contribution in [2.24, 2.45) is 5.92 Å². The Morgan fingerprint density at radius 2 is 2.56 bits per heavy atom. The lowest BCUT2D eigenvalue weighted by Gasteiger charge is -2.02. The van der Waals surface area contributed by atoms with Crippen molar-refractivity contribution in [3.05, 3.63) is 12.7 Å². The van der Waals surface area contributed by atoms with E-state index in [0.29, 0.717) is 0 Å². The van der Waals surface area contributed by atoms with Gasteiger partial charge in [0.25, 0.3) is 0 Å². The number of allylic oxidation sites excluding steroid dienone is 1. The van der Waals surface area contributed by atoms with Crippen LogP contribution >= 0.6 is 11.8 Å². The first-order chi connectivity index (χ1) is 4.43. The molecule has 1 rings (SSSR count). The van der Waals surface area contributed by atoms with E-state index in [1.165, 1.54) is 30.8 Å². The van der Waals surface area contributed by atoms with Crippen LogP contribution in [0.5, 0.6) is 0 Å². The fraction of sp³-hybridized carbons (Fsp3) is 0.750. The summed E-state index contributed by atoms with van der Waals surface area (Å²) in [5.74, 6) is 3.79. The Hall–Kier alpha value is 0.0900. The van der Waals surface area contributed by atoms with Gasteiger partial charge in [0.2, 0.25) is 0 Å². The van der Waals surface area contributed by atoms with Gasteiger partial charge in [-0.15, -0.1) is 6.58 Å². The smallest absolute Gasteiger partial charge is 0.00387 e. The van der Waals surface area contributed by atoms with Crippen molar-refractivity contribution in [1.82, 2.24) is 0 Å². The van der Waals surface area contributed by atoms with Gasteiger partial charge in [-0.1, -0.05) is 6.08 Å². The highest BCUT2D eigenvalue weighted by Crippen LogP contribution is 2.26. The Morgan fingerprint density at radius 3 is 3.11 bits per heavy atom. The van der Waals surface area contributed by atoms with E-state index in [2.05, 4.69) is 18.3 Å². The molecule has 1 heteroatoms. The molecule has 1 heterocycles. The predicted octanol–water partition coefficient (Wildman–Crippen LogP) is 2.71. The van der Waals surface area contributed by atoms with Crippen molar-refractivity contribution in [2.45, 2.75) is 19.3 Å². The van der Waals surface area contributed by atoms with E-state index in [9.17, 15) is 0 Å². The van der Waals surface area contributed by atoms with Crippen LogP contribution in [-0.4, -0.2) is 11.5 Å². The third kappa shape index (κ3) is 2.44. The van der Waals surface area contributed by atoms with Gasteiger partial charge < -0.3 is 0 Å². The quantitative estimate of drug-likeness (QED) is 0.546. The molecule has 52 valence electrons. The molecule has 9 heavy (non-hydrogen) atoms. The lowest BCUT2D eigenvalue weighted by Crippen LogP contribution is -1.95. The first-order valence-electron chi connectivity index (χ1n) is 3.62. The fourth-order valence-electron chi connectivity index (χ4n) is 1.16. The average Bonchev–Trinajstić information content (AvgIpc) is 2.34. The van der Waals surface area contributed by atoms with Gasteiger partial charge in [-0.2, -0.15) is 11.8 Å². The van der Waals surface area contributed by atoms with E-state index in [-0.39, 0.29) is 0 Å². The normalized spacial score (nSPS) is 26.4. The van der Waals surface area contributed by atoms with E-state index in [1.54, 1.807) is 0 Å². The average molecular weight is 142 g/mol. The molecule has 0 nitrogen and oxygen atoms in total. The van der Waals surface area contributed by atoms with Crippen LogP contribution in [0.3, 0.4) is 0 Å². The van der Waals surface area contributed by atoms with Gasteiger partial charge in [0.05, 0.1) is 0 Å².